The van der Waals surface area contributed by atoms with E-state index in [4.69, 9.17) is 14.2 Å². The molecule has 3 aliphatic heterocycles. The van der Waals surface area contributed by atoms with Crippen LogP contribution in [0.1, 0.15) is 13.3 Å². The van der Waals surface area contributed by atoms with Gasteiger partial charge in [-0.05, 0) is 13.3 Å². The minimum absolute atomic E-state index is 0.00779. The third-order valence-corrected chi connectivity index (χ3v) is 5.99. The molecule has 2 N–H and O–H groups in total. The van der Waals surface area contributed by atoms with Crippen molar-refractivity contribution in [3.8, 4) is 0 Å². The Balaban J connectivity index is 1.45. The van der Waals surface area contributed by atoms with Crippen LogP contribution in [0.2, 0.25) is 0 Å². The van der Waals surface area contributed by atoms with Gasteiger partial charge in [0.1, 0.15) is 18.0 Å². The van der Waals surface area contributed by atoms with Crippen molar-refractivity contribution in [3.63, 3.8) is 0 Å². The van der Waals surface area contributed by atoms with Crippen LogP contribution in [-0.4, -0.2) is 63.2 Å². The number of rotatable bonds is 5. The number of sulfonamides is 1. The number of amides is 1. The molecule has 128 valence electrons. The van der Waals surface area contributed by atoms with E-state index in [1.54, 1.807) is 0 Å². The minimum atomic E-state index is -3.39. The Morgan fingerprint density at radius 1 is 1.43 bits per heavy atom. The number of esters is 1. The van der Waals surface area contributed by atoms with Crippen molar-refractivity contribution >= 4 is 22.1 Å². The number of alkyl carbamates (subject to hydrolysis) is 1. The summed E-state index contributed by atoms with van der Waals surface area (Å²) in [5.74, 6) is -0.534. The van der Waals surface area contributed by atoms with Gasteiger partial charge >= 0.3 is 12.1 Å². The molecule has 3 heterocycles. The Labute approximate surface area is 133 Å². The van der Waals surface area contributed by atoms with Crippen LogP contribution in [0.5, 0.6) is 0 Å². The van der Waals surface area contributed by atoms with Crippen LogP contribution in [0.4, 0.5) is 4.79 Å². The second-order valence-electron chi connectivity index (χ2n) is 5.81. The van der Waals surface area contributed by atoms with Crippen LogP contribution in [0.25, 0.3) is 0 Å². The summed E-state index contributed by atoms with van der Waals surface area (Å²) >= 11 is 0. The van der Waals surface area contributed by atoms with Crippen molar-refractivity contribution in [2.75, 3.05) is 13.2 Å². The first kappa shape index (κ1) is 16.2. The van der Waals surface area contributed by atoms with Crippen molar-refractivity contribution in [2.45, 2.75) is 42.9 Å². The Kier molecular flexibility index (Phi) is 4.07. The van der Waals surface area contributed by atoms with E-state index in [0.717, 1.165) is 0 Å². The molecule has 1 amide bonds. The van der Waals surface area contributed by atoms with E-state index < -0.39 is 51.7 Å². The fourth-order valence-electron chi connectivity index (χ4n) is 3.10. The van der Waals surface area contributed by atoms with Crippen LogP contribution in [0.3, 0.4) is 0 Å². The first-order chi connectivity index (χ1) is 10.8. The van der Waals surface area contributed by atoms with E-state index in [0.29, 0.717) is 6.42 Å². The van der Waals surface area contributed by atoms with Crippen LogP contribution >= 0.6 is 0 Å². The number of hydrogen-bond acceptors (Lipinski definition) is 7. The largest absolute Gasteiger partial charge is 0.460 e. The summed E-state index contributed by atoms with van der Waals surface area (Å²) in [7, 11) is -3.39. The lowest BCUT2D eigenvalue weighted by Gasteiger charge is -2.22. The quantitative estimate of drug-likeness (QED) is 0.374. The van der Waals surface area contributed by atoms with Gasteiger partial charge in [0.25, 0.3) is 0 Å². The van der Waals surface area contributed by atoms with Gasteiger partial charge < -0.3 is 19.5 Å². The topological polar surface area (TPSA) is 120 Å². The first-order valence-corrected chi connectivity index (χ1v) is 8.78. The lowest BCUT2D eigenvalue weighted by molar-refractivity contribution is -0.138. The van der Waals surface area contributed by atoms with Crippen molar-refractivity contribution in [2.24, 2.45) is 0 Å². The number of fused-ring (bicyclic) bond motifs is 1. The monoisotopic (exact) mass is 346 g/mol. The molecule has 0 aromatic heterocycles. The number of carbonyl (C=O) groups excluding carboxylic acids is 2. The van der Waals surface area contributed by atoms with E-state index in [-0.39, 0.29) is 18.7 Å². The second kappa shape index (κ2) is 5.77. The molecule has 3 rings (SSSR count). The van der Waals surface area contributed by atoms with E-state index in [1.807, 2.05) is 0 Å². The predicted octanol–water partition coefficient (Wildman–Crippen LogP) is -0.958. The molecule has 0 aromatic carbocycles. The van der Waals surface area contributed by atoms with Gasteiger partial charge in [-0.15, -0.1) is 0 Å². The maximum atomic E-state index is 11.8. The molecule has 5 unspecified atom stereocenters. The Hall–Kier alpha value is -1.65. The van der Waals surface area contributed by atoms with Gasteiger partial charge in [-0.3, -0.25) is 0 Å². The predicted molar refractivity (Wildman–Crippen MR) is 77.0 cm³/mol. The summed E-state index contributed by atoms with van der Waals surface area (Å²) in [5, 5.41) is 1.89. The SMILES string of the molecule is C=C(C)C(=O)OCCNC(=O)OC1C2CC3C(O2)C1NS3(=O)=O. The van der Waals surface area contributed by atoms with Gasteiger partial charge in [-0.1, -0.05) is 6.58 Å². The Morgan fingerprint density at radius 2 is 2.17 bits per heavy atom. The average molecular weight is 346 g/mol. The highest BCUT2D eigenvalue weighted by Crippen LogP contribution is 2.44. The molecule has 0 aromatic rings. The third-order valence-electron chi connectivity index (χ3n) is 4.13. The second-order valence-corrected chi connectivity index (χ2v) is 7.75. The van der Waals surface area contributed by atoms with Crippen LogP contribution < -0.4 is 10.0 Å². The van der Waals surface area contributed by atoms with Crippen LogP contribution in [0, 0.1) is 0 Å². The van der Waals surface area contributed by atoms with E-state index in [1.165, 1.54) is 6.92 Å². The molecule has 0 saturated carbocycles. The van der Waals surface area contributed by atoms with Gasteiger partial charge in [0.05, 0.1) is 24.8 Å². The smallest absolute Gasteiger partial charge is 0.407 e. The third kappa shape index (κ3) is 2.93. The van der Waals surface area contributed by atoms with Crippen molar-refractivity contribution in [1.29, 1.82) is 0 Å². The zero-order valence-electron chi connectivity index (χ0n) is 12.5. The van der Waals surface area contributed by atoms with Gasteiger partial charge in [-0.2, -0.15) is 0 Å². The molecule has 9 nitrogen and oxygen atoms in total. The molecular weight excluding hydrogens is 328 g/mol. The molecule has 3 saturated heterocycles. The summed E-state index contributed by atoms with van der Waals surface area (Å²) in [6.45, 7) is 5.03. The molecular formula is C13H18N2O7S. The number of carbonyl (C=O) groups is 2. The molecule has 2 bridgehead atoms. The Morgan fingerprint density at radius 3 is 2.87 bits per heavy atom. The molecule has 5 atom stereocenters. The highest BCUT2D eigenvalue weighted by Gasteiger charge is 2.65. The van der Waals surface area contributed by atoms with Crippen molar-refractivity contribution in [3.05, 3.63) is 12.2 Å². The summed E-state index contributed by atoms with van der Waals surface area (Å²) in [6.07, 6.45) is -1.90. The van der Waals surface area contributed by atoms with E-state index in [2.05, 4.69) is 16.6 Å². The fraction of sp³-hybridized carbons (Fsp3) is 0.692. The molecule has 0 aliphatic carbocycles. The molecule has 0 spiro atoms. The van der Waals surface area contributed by atoms with E-state index in [9.17, 15) is 18.0 Å². The molecule has 10 heteroatoms. The Bertz CT molecular complexity index is 647. The van der Waals surface area contributed by atoms with Gasteiger partial charge in [0.15, 0.2) is 0 Å². The highest BCUT2D eigenvalue weighted by atomic mass is 32.2. The fourth-order valence-corrected chi connectivity index (χ4v) is 4.95. The van der Waals surface area contributed by atoms with Gasteiger partial charge in [0.2, 0.25) is 10.0 Å². The minimum Gasteiger partial charge on any atom is -0.460 e. The summed E-state index contributed by atoms with van der Waals surface area (Å²) in [4.78, 5) is 22.9. The zero-order chi connectivity index (χ0) is 16.8. The van der Waals surface area contributed by atoms with Crippen molar-refractivity contribution < 1.29 is 32.2 Å². The zero-order valence-corrected chi connectivity index (χ0v) is 13.3. The summed E-state index contributed by atoms with van der Waals surface area (Å²) < 4.78 is 41.8. The normalized spacial score (nSPS) is 35.8. The number of hydrogen-bond donors (Lipinski definition) is 2. The number of ether oxygens (including phenoxy) is 3. The standard InChI is InChI=1S/C13H18N2O7S/c1-6(2)12(16)20-4-3-14-13(17)22-10-7-5-8-11(21-7)9(10)15-23(8,18)19/h7-11,15H,1,3-5H2,2H3,(H,14,17). The average Bonchev–Trinajstić information content (AvgIpc) is 3.07. The van der Waals surface area contributed by atoms with Gasteiger partial charge in [0, 0.05) is 5.57 Å². The van der Waals surface area contributed by atoms with Crippen molar-refractivity contribution in [1.82, 2.24) is 10.0 Å². The molecule has 3 aliphatic rings. The molecule has 3 fully saturated rings. The lowest BCUT2D eigenvalue weighted by atomic mass is 9.93. The highest BCUT2D eigenvalue weighted by molar-refractivity contribution is 7.90. The molecule has 23 heavy (non-hydrogen) atoms. The maximum absolute atomic E-state index is 11.8. The summed E-state index contributed by atoms with van der Waals surface area (Å²) in [6, 6.07) is -0.532. The van der Waals surface area contributed by atoms with E-state index >= 15 is 0 Å². The number of nitrogens with one attached hydrogen (secondary N) is 2. The maximum Gasteiger partial charge on any atom is 0.407 e. The molecule has 0 radical (unpaired) electrons. The van der Waals surface area contributed by atoms with Gasteiger partial charge in [-0.25, -0.2) is 22.7 Å². The first-order valence-electron chi connectivity index (χ1n) is 7.23. The van der Waals surface area contributed by atoms with Crippen LogP contribution in [-0.2, 0) is 29.0 Å². The van der Waals surface area contributed by atoms with Crippen LogP contribution in [0.15, 0.2) is 12.2 Å². The summed E-state index contributed by atoms with van der Waals surface area (Å²) in [5.41, 5.74) is 0.273. The lowest BCUT2D eigenvalue weighted by Crippen LogP contribution is -2.46.